The highest BCUT2D eigenvalue weighted by Crippen LogP contribution is 2.05. The van der Waals surface area contributed by atoms with E-state index in [-0.39, 0.29) is 44.6 Å². The molecule has 13 N–H and O–H groups in total. The third-order valence-electron chi connectivity index (χ3n) is 4.31. The molecule has 0 rings (SSSR count). The molecule has 192 valence electrons. The van der Waals surface area contributed by atoms with E-state index in [9.17, 15) is 28.8 Å². The van der Waals surface area contributed by atoms with Gasteiger partial charge >= 0.3 is 11.9 Å². The van der Waals surface area contributed by atoms with Crippen LogP contribution in [0, 0.1) is 0 Å². The van der Waals surface area contributed by atoms with E-state index in [1.807, 2.05) is 0 Å². The molecule has 0 radical (unpaired) electrons. The topological polar surface area (TPSA) is 295 Å². The normalized spacial score (nSPS) is 13.0. The Balaban J connectivity index is 5.41. The van der Waals surface area contributed by atoms with E-state index in [0.29, 0.717) is 0 Å². The van der Waals surface area contributed by atoms with Crippen LogP contribution in [0.2, 0.25) is 0 Å². The lowest BCUT2D eigenvalue weighted by molar-refractivity contribution is -0.140. The first-order valence-corrected chi connectivity index (χ1v) is 10.2. The number of nitrogens with one attached hydrogen (secondary N) is 3. The molecule has 0 spiro atoms. The van der Waals surface area contributed by atoms with Crippen LogP contribution in [-0.4, -0.2) is 83.0 Å². The minimum Gasteiger partial charge on any atom is -0.481 e. The molecule has 0 aliphatic heterocycles. The maximum absolute atomic E-state index is 12.8. The van der Waals surface area contributed by atoms with Gasteiger partial charge in [-0.25, -0.2) is 0 Å². The fourth-order valence-electron chi connectivity index (χ4n) is 2.57. The van der Waals surface area contributed by atoms with Crippen LogP contribution in [0.15, 0.2) is 4.99 Å². The minimum atomic E-state index is -1.39. The quantitative estimate of drug-likeness (QED) is 0.0535. The third kappa shape index (κ3) is 14.2. The van der Waals surface area contributed by atoms with Crippen molar-refractivity contribution in [1.29, 1.82) is 0 Å². The zero-order valence-electron chi connectivity index (χ0n) is 18.5. The fourth-order valence-corrected chi connectivity index (χ4v) is 2.57. The summed E-state index contributed by atoms with van der Waals surface area (Å²) in [5, 5.41) is 24.4. The van der Waals surface area contributed by atoms with Crippen molar-refractivity contribution in [2.45, 2.75) is 56.7 Å². The van der Waals surface area contributed by atoms with Crippen molar-refractivity contribution < 1.29 is 39.0 Å². The van der Waals surface area contributed by atoms with E-state index >= 15 is 0 Å². The molecule has 3 atom stereocenters. The molecule has 4 amide bonds. The lowest BCUT2D eigenvalue weighted by Crippen LogP contribution is -2.56. The molecular formula is C18H32N8O8. The molecule has 0 heterocycles. The van der Waals surface area contributed by atoms with Crippen LogP contribution in [0.4, 0.5) is 0 Å². The van der Waals surface area contributed by atoms with E-state index < -0.39 is 66.7 Å². The van der Waals surface area contributed by atoms with Crippen molar-refractivity contribution in [1.82, 2.24) is 16.0 Å². The largest absolute Gasteiger partial charge is 0.481 e. The average Bonchev–Trinajstić information content (AvgIpc) is 2.74. The number of carboxylic acids is 2. The highest BCUT2D eigenvalue weighted by atomic mass is 16.4. The van der Waals surface area contributed by atoms with Crippen molar-refractivity contribution in [2.24, 2.45) is 27.9 Å². The second-order valence-electron chi connectivity index (χ2n) is 7.23. The smallest absolute Gasteiger partial charge is 0.322 e. The van der Waals surface area contributed by atoms with Crippen molar-refractivity contribution in [3.63, 3.8) is 0 Å². The minimum absolute atomic E-state index is 0.0132. The number of nitrogens with two attached hydrogens (primary N) is 4. The van der Waals surface area contributed by atoms with Crippen LogP contribution >= 0.6 is 0 Å². The molecule has 0 saturated heterocycles. The van der Waals surface area contributed by atoms with Gasteiger partial charge in [0, 0.05) is 19.4 Å². The van der Waals surface area contributed by atoms with Crippen LogP contribution < -0.4 is 38.9 Å². The van der Waals surface area contributed by atoms with Gasteiger partial charge in [-0.15, -0.1) is 0 Å². The number of primary amides is 1. The first-order valence-electron chi connectivity index (χ1n) is 10.2. The van der Waals surface area contributed by atoms with Crippen LogP contribution in [-0.2, 0) is 28.8 Å². The van der Waals surface area contributed by atoms with Crippen molar-refractivity contribution >= 4 is 41.5 Å². The van der Waals surface area contributed by atoms with Gasteiger partial charge in [0.05, 0.1) is 6.04 Å². The van der Waals surface area contributed by atoms with Gasteiger partial charge in [-0.05, 0) is 25.7 Å². The van der Waals surface area contributed by atoms with Gasteiger partial charge in [0.1, 0.15) is 18.6 Å². The van der Waals surface area contributed by atoms with Gasteiger partial charge < -0.3 is 49.1 Å². The number of aliphatic carboxylic acids is 2. The molecule has 0 aliphatic carbocycles. The summed E-state index contributed by atoms with van der Waals surface area (Å²) >= 11 is 0. The summed E-state index contributed by atoms with van der Waals surface area (Å²) in [4.78, 5) is 73.7. The number of amides is 4. The Bertz CT molecular complexity index is 784. The molecular weight excluding hydrogens is 456 g/mol. The van der Waals surface area contributed by atoms with E-state index in [1.54, 1.807) is 0 Å². The number of nitrogens with zero attached hydrogens (tertiary/aromatic N) is 1. The molecule has 0 fully saturated rings. The van der Waals surface area contributed by atoms with Crippen LogP contribution in [0.1, 0.15) is 38.5 Å². The number of rotatable bonds is 17. The molecule has 0 aromatic rings. The summed E-state index contributed by atoms with van der Waals surface area (Å²) in [5.74, 6) is -5.95. The SMILES string of the molecule is NC(=O)CCC(N)C(=O)NC(CCCN=C(N)N)C(=O)NC(CCC(=O)O)C(=O)NCC(=O)O. The number of carbonyl (C=O) groups excluding carboxylic acids is 4. The van der Waals surface area contributed by atoms with Gasteiger partial charge in [0.25, 0.3) is 0 Å². The van der Waals surface area contributed by atoms with E-state index in [0.717, 1.165) is 0 Å². The number of carbonyl (C=O) groups is 6. The number of guanidine groups is 1. The van der Waals surface area contributed by atoms with Gasteiger partial charge in [-0.1, -0.05) is 0 Å². The van der Waals surface area contributed by atoms with Crippen molar-refractivity contribution in [3.8, 4) is 0 Å². The second-order valence-corrected chi connectivity index (χ2v) is 7.23. The zero-order chi connectivity index (χ0) is 26.3. The van der Waals surface area contributed by atoms with Gasteiger partial charge in [-0.3, -0.25) is 33.8 Å². The van der Waals surface area contributed by atoms with Gasteiger partial charge in [-0.2, -0.15) is 0 Å². The number of carboxylic acid groups (broad SMARTS) is 2. The van der Waals surface area contributed by atoms with Crippen LogP contribution in [0.5, 0.6) is 0 Å². The standard InChI is InChI=1S/C18H32N8O8/c19-9(3-5-12(20)27)15(32)25-10(2-1-7-23-18(21)22)17(34)26-11(4-6-13(28)29)16(33)24-8-14(30)31/h9-11H,1-8,19H2,(H2,20,27)(H,24,33)(H,25,32)(H,26,34)(H,28,29)(H,30,31)(H4,21,22,23). The van der Waals surface area contributed by atoms with E-state index in [4.69, 9.17) is 33.1 Å². The highest BCUT2D eigenvalue weighted by molar-refractivity contribution is 5.94. The summed E-state index contributed by atoms with van der Waals surface area (Å²) < 4.78 is 0. The predicted molar refractivity (Wildman–Crippen MR) is 118 cm³/mol. The lowest BCUT2D eigenvalue weighted by atomic mass is 10.1. The Morgan fingerprint density at radius 2 is 1.35 bits per heavy atom. The third-order valence-corrected chi connectivity index (χ3v) is 4.31. The molecule has 0 saturated carbocycles. The number of hydrogen-bond donors (Lipinski definition) is 9. The average molecular weight is 489 g/mol. The maximum atomic E-state index is 12.8. The summed E-state index contributed by atoms with van der Waals surface area (Å²) in [6, 6.07) is -3.76. The summed E-state index contributed by atoms with van der Waals surface area (Å²) in [7, 11) is 0. The fraction of sp³-hybridized carbons (Fsp3) is 0.611. The van der Waals surface area contributed by atoms with Crippen LogP contribution in [0.25, 0.3) is 0 Å². The summed E-state index contributed by atoms with van der Waals surface area (Å²) in [6.45, 7) is -0.622. The molecule has 0 aromatic carbocycles. The van der Waals surface area contributed by atoms with Gasteiger partial charge in [0.2, 0.25) is 23.6 Å². The predicted octanol–water partition coefficient (Wildman–Crippen LogP) is -4.33. The maximum Gasteiger partial charge on any atom is 0.322 e. The first kappa shape index (κ1) is 30.1. The zero-order valence-corrected chi connectivity index (χ0v) is 18.5. The summed E-state index contributed by atoms with van der Waals surface area (Å²) in [6.07, 6.45) is -0.805. The molecule has 16 heteroatoms. The number of aliphatic imine (C=N–C) groups is 1. The van der Waals surface area contributed by atoms with Crippen molar-refractivity contribution in [2.75, 3.05) is 13.1 Å². The molecule has 0 aliphatic rings. The molecule has 3 unspecified atom stereocenters. The Hall–Kier alpha value is -3.95. The first-order chi connectivity index (χ1) is 15.8. The highest BCUT2D eigenvalue weighted by Gasteiger charge is 2.28. The molecule has 16 nitrogen and oxygen atoms in total. The Morgan fingerprint density at radius 1 is 0.765 bits per heavy atom. The Morgan fingerprint density at radius 3 is 1.88 bits per heavy atom. The molecule has 0 aromatic heterocycles. The Labute approximate surface area is 194 Å². The number of hydrogen-bond acceptors (Lipinski definition) is 8. The van der Waals surface area contributed by atoms with Crippen LogP contribution in [0.3, 0.4) is 0 Å². The molecule has 34 heavy (non-hydrogen) atoms. The second kappa shape index (κ2) is 15.8. The van der Waals surface area contributed by atoms with Gasteiger partial charge in [0.15, 0.2) is 5.96 Å². The molecule has 0 bridgehead atoms. The van der Waals surface area contributed by atoms with E-state index in [2.05, 4.69) is 20.9 Å². The van der Waals surface area contributed by atoms with Crippen molar-refractivity contribution in [3.05, 3.63) is 0 Å². The summed E-state index contributed by atoms with van der Waals surface area (Å²) in [5.41, 5.74) is 21.2. The lowest BCUT2D eigenvalue weighted by Gasteiger charge is -2.24. The monoisotopic (exact) mass is 488 g/mol. The van der Waals surface area contributed by atoms with E-state index in [1.165, 1.54) is 0 Å². The Kier molecular flexibility index (Phi) is 14.0.